The van der Waals surface area contributed by atoms with Crippen molar-refractivity contribution >= 4 is 29.6 Å². The van der Waals surface area contributed by atoms with E-state index < -0.39 is 11.8 Å². The minimum atomic E-state index is -0.487. The molecule has 0 spiro atoms. The van der Waals surface area contributed by atoms with Crippen molar-refractivity contribution in [2.24, 2.45) is 5.10 Å². The van der Waals surface area contributed by atoms with E-state index >= 15 is 0 Å². The fraction of sp³-hybridized carbons (Fsp3) is 0.143. The fourth-order valence-corrected chi connectivity index (χ4v) is 3.02. The van der Waals surface area contributed by atoms with E-state index in [1.54, 1.807) is 35.9 Å². The number of aromatic nitrogens is 2. The van der Waals surface area contributed by atoms with Gasteiger partial charge >= 0.3 is 0 Å². The van der Waals surface area contributed by atoms with Crippen molar-refractivity contribution in [2.75, 3.05) is 13.7 Å². The highest BCUT2D eigenvalue weighted by Crippen LogP contribution is 2.21. The number of ether oxygens (including phenoxy) is 1. The Balaban J connectivity index is 1.59. The number of hydrogen-bond acceptors (Lipinski definition) is 5. The summed E-state index contributed by atoms with van der Waals surface area (Å²) in [6, 6.07) is 16.2. The molecule has 0 aliphatic rings. The number of carbonyl (C=O) groups is 2. The fourth-order valence-electron chi connectivity index (χ4n) is 2.69. The quantitative estimate of drug-likeness (QED) is 0.449. The number of methoxy groups -OCH3 is 1. The van der Waals surface area contributed by atoms with Crippen LogP contribution in [-0.2, 0) is 4.79 Å². The zero-order valence-electron chi connectivity index (χ0n) is 16.4. The third-order valence-corrected chi connectivity index (χ3v) is 4.56. The summed E-state index contributed by atoms with van der Waals surface area (Å²) in [6.45, 7) is 1.55. The molecule has 0 aliphatic carbocycles. The van der Waals surface area contributed by atoms with Crippen molar-refractivity contribution in [3.05, 3.63) is 76.6 Å². The summed E-state index contributed by atoms with van der Waals surface area (Å²) in [5.74, 6) is -0.484. The number of rotatable bonds is 7. The predicted octanol–water partition coefficient (Wildman–Crippen LogP) is 2.72. The van der Waals surface area contributed by atoms with Gasteiger partial charge in [0, 0.05) is 0 Å². The maximum Gasteiger partial charge on any atom is 0.259 e. The number of hydrazone groups is 1. The van der Waals surface area contributed by atoms with Gasteiger partial charge < -0.3 is 10.1 Å². The second kappa shape index (κ2) is 9.71. The number of benzene rings is 2. The van der Waals surface area contributed by atoms with Crippen LogP contribution >= 0.6 is 11.6 Å². The van der Waals surface area contributed by atoms with E-state index in [1.807, 2.05) is 30.3 Å². The molecule has 0 unspecified atom stereocenters. The Kier molecular flexibility index (Phi) is 6.82. The summed E-state index contributed by atoms with van der Waals surface area (Å²) in [5, 5.41) is 11.2. The van der Waals surface area contributed by atoms with Crippen LogP contribution in [0, 0.1) is 6.92 Å². The summed E-state index contributed by atoms with van der Waals surface area (Å²) in [7, 11) is 1.47. The Morgan fingerprint density at radius 3 is 2.60 bits per heavy atom. The van der Waals surface area contributed by atoms with Crippen LogP contribution in [0.2, 0.25) is 5.15 Å². The summed E-state index contributed by atoms with van der Waals surface area (Å²) < 4.78 is 6.73. The van der Waals surface area contributed by atoms with Crippen LogP contribution in [0.3, 0.4) is 0 Å². The van der Waals surface area contributed by atoms with Crippen molar-refractivity contribution in [2.45, 2.75) is 6.92 Å². The molecule has 0 radical (unpaired) electrons. The third-order valence-electron chi connectivity index (χ3n) is 4.19. The molecule has 0 saturated heterocycles. The summed E-state index contributed by atoms with van der Waals surface area (Å²) in [4.78, 5) is 24.2. The molecule has 2 N–H and O–H groups in total. The van der Waals surface area contributed by atoms with Crippen LogP contribution in [0.15, 0.2) is 59.7 Å². The first-order valence-corrected chi connectivity index (χ1v) is 9.42. The number of nitrogens with zero attached hydrogens (tertiary/aromatic N) is 3. The molecular weight excluding hydrogens is 406 g/mol. The molecule has 0 fully saturated rings. The number of hydrogen-bond donors (Lipinski definition) is 2. The predicted molar refractivity (Wildman–Crippen MR) is 114 cm³/mol. The van der Waals surface area contributed by atoms with E-state index in [2.05, 4.69) is 20.9 Å². The number of para-hydroxylation sites is 2. The number of nitrogens with one attached hydrogen (secondary N) is 2. The van der Waals surface area contributed by atoms with E-state index in [-0.39, 0.29) is 6.54 Å². The van der Waals surface area contributed by atoms with Gasteiger partial charge in [0.2, 0.25) is 0 Å². The second-order valence-electron chi connectivity index (χ2n) is 6.21. The highest BCUT2D eigenvalue weighted by Gasteiger charge is 2.14. The molecule has 3 aromatic rings. The second-order valence-corrected chi connectivity index (χ2v) is 6.57. The molecule has 0 saturated carbocycles. The molecule has 3 rings (SSSR count). The van der Waals surface area contributed by atoms with Crippen LogP contribution in [0.1, 0.15) is 21.6 Å². The van der Waals surface area contributed by atoms with Gasteiger partial charge in [-0.3, -0.25) is 9.59 Å². The van der Waals surface area contributed by atoms with Crippen LogP contribution in [0.4, 0.5) is 0 Å². The average Bonchev–Trinajstić information content (AvgIpc) is 3.06. The third kappa shape index (κ3) is 4.84. The summed E-state index contributed by atoms with van der Waals surface area (Å²) in [6.07, 6.45) is 1.42. The maximum atomic E-state index is 12.2. The molecule has 0 bridgehead atoms. The van der Waals surface area contributed by atoms with Gasteiger partial charge in [-0.1, -0.05) is 41.9 Å². The van der Waals surface area contributed by atoms with Crippen LogP contribution in [0.25, 0.3) is 5.69 Å². The molecule has 8 nitrogen and oxygen atoms in total. The van der Waals surface area contributed by atoms with Gasteiger partial charge in [0.05, 0.1) is 42.4 Å². The smallest absolute Gasteiger partial charge is 0.259 e. The Morgan fingerprint density at radius 2 is 1.87 bits per heavy atom. The molecule has 2 amide bonds. The van der Waals surface area contributed by atoms with Crippen molar-refractivity contribution in [1.29, 1.82) is 0 Å². The van der Waals surface area contributed by atoms with Gasteiger partial charge in [0.1, 0.15) is 10.9 Å². The highest BCUT2D eigenvalue weighted by atomic mass is 35.5. The minimum Gasteiger partial charge on any atom is -0.496 e. The van der Waals surface area contributed by atoms with Gasteiger partial charge in [0.25, 0.3) is 11.8 Å². The molecule has 2 aromatic carbocycles. The van der Waals surface area contributed by atoms with Gasteiger partial charge in [0.15, 0.2) is 0 Å². The topological polar surface area (TPSA) is 97.6 Å². The first kappa shape index (κ1) is 21.1. The van der Waals surface area contributed by atoms with Gasteiger partial charge in [-0.05, 0) is 31.2 Å². The van der Waals surface area contributed by atoms with E-state index in [1.165, 1.54) is 13.3 Å². The maximum absolute atomic E-state index is 12.2. The number of carbonyl (C=O) groups excluding carboxylic acids is 2. The Bertz CT molecular complexity index is 1080. The molecule has 1 aromatic heterocycles. The lowest BCUT2D eigenvalue weighted by molar-refractivity contribution is -0.120. The standard InChI is InChI=1S/C21H20ClN5O3/c1-14-17(20(22)27(26-14)15-8-4-3-5-9-15)12-24-25-19(28)13-23-21(29)16-10-6-7-11-18(16)30-2/h3-12H,13H2,1-2H3,(H,23,29)(H,25,28). The number of halogens is 1. The lowest BCUT2D eigenvalue weighted by atomic mass is 10.2. The van der Waals surface area contributed by atoms with Gasteiger partial charge in [-0.15, -0.1) is 0 Å². The van der Waals surface area contributed by atoms with Gasteiger partial charge in [-0.2, -0.15) is 10.2 Å². The average molecular weight is 426 g/mol. The van der Waals surface area contributed by atoms with E-state index in [0.717, 1.165) is 5.69 Å². The number of amides is 2. The first-order valence-electron chi connectivity index (χ1n) is 9.05. The SMILES string of the molecule is COc1ccccc1C(=O)NCC(=O)NN=Cc1c(C)nn(-c2ccccc2)c1Cl. The first-order chi connectivity index (χ1) is 14.5. The minimum absolute atomic E-state index is 0.246. The molecule has 0 aliphatic heterocycles. The Labute approximate surface area is 178 Å². The van der Waals surface area contributed by atoms with E-state index in [0.29, 0.717) is 27.7 Å². The molecule has 30 heavy (non-hydrogen) atoms. The molecular formula is C21H20ClN5O3. The van der Waals surface area contributed by atoms with Gasteiger partial charge in [-0.25, -0.2) is 10.1 Å². The largest absolute Gasteiger partial charge is 0.496 e. The van der Waals surface area contributed by atoms with Crippen LogP contribution in [-0.4, -0.2) is 41.5 Å². The van der Waals surface area contributed by atoms with E-state index in [9.17, 15) is 9.59 Å². The normalized spacial score (nSPS) is 10.8. The Morgan fingerprint density at radius 1 is 1.17 bits per heavy atom. The van der Waals surface area contributed by atoms with Crippen molar-refractivity contribution < 1.29 is 14.3 Å². The van der Waals surface area contributed by atoms with Crippen LogP contribution in [0.5, 0.6) is 5.75 Å². The van der Waals surface area contributed by atoms with Crippen molar-refractivity contribution in [3.8, 4) is 11.4 Å². The van der Waals surface area contributed by atoms with Crippen LogP contribution < -0.4 is 15.5 Å². The molecule has 154 valence electrons. The summed E-state index contributed by atoms with van der Waals surface area (Å²) >= 11 is 6.41. The zero-order chi connectivity index (χ0) is 21.5. The number of aryl methyl sites for hydroxylation is 1. The zero-order valence-corrected chi connectivity index (χ0v) is 17.2. The molecule has 1 heterocycles. The van der Waals surface area contributed by atoms with E-state index in [4.69, 9.17) is 16.3 Å². The summed E-state index contributed by atoms with van der Waals surface area (Å²) in [5.41, 5.74) is 4.75. The molecule has 0 atom stereocenters. The Hall–Kier alpha value is -3.65. The van der Waals surface area contributed by atoms with Crippen molar-refractivity contribution in [1.82, 2.24) is 20.5 Å². The lowest BCUT2D eigenvalue weighted by Crippen LogP contribution is -2.35. The monoisotopic (exact) mass is 425 g/mol. The van der Waals surface area contributed by atoms with Crippen molar-refractivity contribution in [3.63, 3.8) is 0 Å². The highest BCUT2D eigenvalue weighted by molar-refractivity contribution is 6.32. The molecule has 9 heteroatoms. The lowest BCUT2D eigenvalue weighted by Gasteiger charge is -2.08.